The van der Waals surface area contributed by atoms with E-state index in [2.05, 4.69) is 140 Å². The van der Waals surface area contributed by atoms with E-state index in [1.807, 2.05) is 0 Å². The van der Waals surface area contributed by atoms with Gasteiger partial charge in [-0.25, -0.2) is 0 Å². The molecule has 4 atom stereocenters. The SMILES string of the molecule is CCCCC(CC)COc1cc(OCC(CC)CCCC)cc(-c2c3ccccc3c(-c3cc(OCC(CC)CCCC)cc(OCC(CC)CCCC)c3)c3ccccc23)c1. The molecule has 0 spiro atoms. The van der Waals surface area contributed by atoms with Crippen LogP contribution in [0.1, 0.15) is 158 Å². The van der Waals surface area contributed by atoms with Crippen molar-refractivity contribution in [3.63, 3.8) is 0 Å². The molecular formula is C58H82O4. The third-order valence-electron chi connectivity index (χ3n) is 13.4. The lowest BCUT2D eigenvalue weighted by Gasteiger charge is -2.22. The highest BCUT2D eigenvalue weighted by Gasteiger charge is 2.21. The summed E-state index contributed by atoms with van der Waals surface area (Å²) in [5, 5.41) is 4.83. The van der Waals surface area contributed by atoms with Crippen LogP contribution in [0.4, 0.5) is 0 Å². The first-order valence-corrected chi connectivity index (χ1v) is 25.1. The summed E-state index contributed by atoms with van der Waals surface area (Å²) in [5.41, 5.74) is 4.66. The summed E-state index contributed by atoms with van der Waals surface area (Å²) >= 11 is 0. The Kier molecular flexibility index (Phi) is 20.8. The van der Waals surface area contributed by atoms with Crippen LogP contribution in [0, 0.1) is 23.7 Å². The van der Waals surface area contributed by atoms with Crippen LogP contribution in [0.15, 0.2) is 84.9 Å². The van der Waals surface area contributed by atoms with Crippen LogP contribution in [0.3, 0.4) is 0 Å². The molecule has 0 heterocycles. The predicted molar refractivity (Wildman–Crippen MR) is 268 cm³/mol. The fourth-order valence-electron chi connectivity index (χ4n) is 8.96. The van der Waals surface area contributed by atoms with E-state index in [4.69, 9.17) is 18.9 Å². The molecule has 0 radical (unpaired) electrons. The zero-order valence-electron chi connectivity index (χ0n) is 40.2. The highest BCUT2D eigenvalue weighted by Crippen LogP contribution is 2.46. The molecule has 62 heavy (non-hydrogen) atoms. The quantitative estimate of drug-likeness (QED) is 0.0432. The Morgan fingerprint density at radius 1 is 0.339 bits per heavy atom. The summed E-state index contributed by atoms with van der Waals surface area (Å²) in [7, 11) is 0. The van der Waals surface area contributed by atoms with Crippen LogP contribution in [0.25, 0.3) is 43.8 Å². The number of rotatable bonds is 30. The van der Waals surface area contributed by atoms with Crippen molar-refractivity contribution in [3.05, 3.63) is 84.9 Å². The van der Waals surface area contributed by atoms with Gasteiger partial charge in [-0.3, -0.25) is 0 Å². The fourth-order valence-corrected chi connectivity index (χ4v) is 8.96. The first kappa shape index (κ1) is 48.8. The van der Waals surface area contributed by atoms with Crippen molar-refractivity contribution in [1.29, 1.82) is 0 Å². The van der Waals surface area contributed by atoms with Crippen molar-refractivity contribution in [3.8, 4) is 45.3 Å². The Bertz CT molecular complexity index is 1770. The Hall–Kier alpha value is -4.18. The number of unbranched alkanes of at least 4 members (excludes halogenated alkanes) is 4. The molecule has 0 aliphatic rings. The molecule has 0 amide bonds. The molecule has 0 fully saturated rings. The molecule has 0 N–H and O–H groups in total. The van der Waals surface area contributed by atoms with Gasteiger partial charge in [0.05, 0.1) is 26.4 Å². The van der Waals surface area contributed by atoms with Gasteiger partial charge in [0.15, 0.2) is 0 Å². The monoisotopic (exact) mass is 843 g/mol. The van der Waals surface area contributed by atoms with Crippen LogP contribution in [0.5, 0.6) is 23.0 Å². The number of benzene rings is 5. The highest BCUT2D eigenvalue weighted by molar-refractivity contribution is 6.21. The van der Waals surface area contributed by atoms with Gasteiger partial charge in [-0.15, -0.1) is 0 Å². The zero-order chi connectivity index (χ0) is 44.1. The average molecular weight is 843 g/mol. The predicted octanol–water partition coefficient (Wildman–Crippen LogP) is 17.7. The molecule has 0 saturated carbocycles. The van der Waals surface area contributed by atoms with Gasteiger partial charge in [-0.2, -0.15) is 0 Å². The average Bonchev–Trinajstić information content (AvgIpc) is 3.30. The molecule has 4 heteroatoms. The van der Waals surface area contributed by atoms with Gasteiger partial charge in [0.1, 0.15) is 23.0 Å². The molecule has 0 aliphatic carbocycles. The van der Waals surface area contributed by atoms with Crippen LogP contribution < -0.4 is 18.9 Å². The molecule has 338 valence electrons. The van der Waals surface area contributed by atoms with Gasteiger partial charge in [-0.05, 0) is 117 Å². The molecule has 5 aromatic rings. The Morgan fingerprint density at radius 2 is 0.581 bits per heavy atom. The Labute approximate surface area is 377 Å². The maximum absolute atomic E-state index is 6.73. The van der Waals surface area contributed by atoms with Crippen molar-refractivity contribution >= 4 is 21.5 Å². The molecule has 4 unspecified atom stereocenters. The maximum atomic E-state index is 6.73. The van der Waals surface area contributed by atoms with Crippen molar-refractivity contribution in [2.45, 2.75) is 158 Å². The van der Waals surface area contributed by atoms with Gasteiger partial charge < -0.3 is 18.9 Å². The van der Waals surface area contributed by atoms with Crippen molar-refractivity contribution < 1.29 is 18.9 Å². The van der Waals surface area contributed by atoms with E-state index in [-0.39, 0.29) is 0 Å². The van der Waals surface area contributed by atoms with Gasteiger partial charge in [0, 0.05) is 12.1 Å². The van der Waals surface area contributed by atoms with Gasteiger partial charge >= 0.3 is 0 Å². The second kappa shape index (κ2) is 26.4. The lowest BCUT2D eigenvalue weighted by atomic mass is 9.86. The summed E-state index contributed by atoms with van der Waals surface area (Å²) in [6, 6.07) is 31.2. The number of ether oxygens (including phenoxy) is 4. The molecule has 5 rings (SSSR count). The molecular weight excluding hydrogens is 761 g/mol. The highest BCUT2D eigenvalue weighted by atomic mass is 16.5. The van der Waals surface area contributed by atoms with Crippen molar-refractivity contribution in [1.82, 2.24) is 0 Å². The van der Waals surface area contributed by atoms with E-state index >= 15 is 0 Å². The van der Waals surface area contributed by atoms with E-state index < -0.39 is 0 Å². The van der Waals surface area contributed by atoms with Crippen molar-refractivity contribution in [2.24, 2.45) is 23.7 Å². The lowest BCUT2D eigenvalue weighted by Crippen LogP contribution is -2.13. The largest absolute Gasteiger partial charge is 0.493 e. The second-order valence-electron chi connectivity index (χ2n) is 18.1. The summed E-state index contributed by atoms with van der Waals surface area (Å²) in [6.45, 7) is 21.1. The summed E-state index contributed by atoms with van der Waals surface area (Å²) in [5.74, 6) is 5.65. The van der Waals surface area contributed by atoms with E-state index in [0.29, 0.717) is 50.1 Å². The minimum absolute atomic E-state index is 0.532. The first-order chi connectivity index (χ1) is 30.4. The minimum Gasteiger partial charge on any atom is -0.493 e. The summed E-state index contributed by atoms with van der Waals surface area (Å²) in [4.78, 5) is 0. The number of hydrogen-bond acceptors (Lipinski definition) is 4. The Morgan fingerprint density at radius 3 is 0.790 bits per heavy atom. The van der Waals surface area contributed by atoms with Gasteiger partial charge in [0.2, 0.25) is 0 Å². The fraction of sp³-hybridized carbons (Fsp3) is 0.552. The molecule has 4 nitrogen and oxygen atoms in total. The van der Waals surface area contributed by atoms with E-state index in [1.165, 1.54) is 110 Å². The summed E-state index contributed by atoms with van der Waals surface area (Å²) < 4.78 is 26.9. The molecule has 0 aromatic heterocycles. The smallest absolute Gasteiger partial charge is 0.123 e. The van der Waals surface area contributed by atoms with Gasteiger partial charge in [-0.1, -0.05) is 181 Å². The second-order valence-corrected chi connectivity index (χ2v) is 18.1. The lowest BCUT2D eigenvalue weighted by molar-refractivity contribution is 0.223. The zero-order valence-corrected chi connectivity index (χ0v) is 40.2. The number of hydrogen-bond donors (Lipinski definition) is 0. The van der Waals surface area contributed by atoms with Crippen molar-refractivity contribution in [2.75, 3.05) is 26.4 Å². The molecule has 0 saturated heterocycles. The van der Waals surface area contributed by atoms with Crippen LogP contribution in [-0.4, -0.2) is 26.4 Å². The van der Waals surface area contributed by atoms with Crippen LogP contribution in [-0.2, 0) is 0 Å². The standard InChI is InChI=1S/C58H82O4/c1-9-17-25-43(13-5)39-59-49-33-47(34-50(37-49)60-40-44(14-6)26-18-10-2)57-53-29-21-23-31-55(53)58(56-32-24-22-30-54(56)57)48-35-51(61-41-45(15-7)27-19-11-3)38-52(36-48)62-42-46(16-8)28-20-12-4/h21-24,29-38,43-46H,9-20,25-28,39-42H2,1-8H3. The third kappa shape index (κ3) is 13.9. The molecule has 5 aromatic carbocycles. The normalized spacial score (nSPS) is 13.5. The summed E-state index contributed by atoms with van der Waals surface area (Å²) in [6.07, 6.45) is 19.0. The van der Waals surface area contributed by atoms with Crippen LogP contribution in [0.2, 0.25) is 0 Å². The maximum Gasteiger partial charge on any atom is 0.123 e. The molecule has 0 bridgehead atoms. The third-order valence-corrected chi connectivity index (χ3v) is 13.4. The molecule has 0 aliphatic heterocycles. The van der Waals surface area contributed by atoms with Gasteiger partial charge in [0.25, 0.3) is 0 Å². The topological polar surface area (TPSA) is 36.9 Å². The van der Waals surface area contributed by atoms with Crippen LogP contribution >= 0.6 is 0 Å². The van der Waals surface area contributed by atoms with E-state index in [9.17, 15) is 0 Å². The first-order valence-electron chi connectivity index (χ1n) is 25.1. The number of fused-ring (bicyclic) bond motifs is 2. The van der Waals surface area contributed by atoms with E-state index in [1.54, 1.807) is 0 Å². The Balaban J connectivity index is 1.66. The van der Waals surface area contributed by atoms with E-state index in [0.717, 1.165) is 59.8 Å². The minimum atomic E-state index is 0.532.